The summed E-state index contributed by atoms with van der Waals surface area (Å²) in [6, 6.07) is 0. The van der Waals surface area contributed by atoms with E-state index in [1.165, 1.54) is 1.81 Å². The van der Waals surface area contributed by atoms with Crippen molar-refractivity contribution < 1.29 is 9.47 Å². The summed E-state index contributed by atoms with van der Waals surface area (Å²) in [7, 11) is 0. The minimum absolute atomic E-state index is 0.440. The Morgan fingerprint density at radius 1 is 1.10 bits per heavy atom. The number of hydrogen-bond donors (Lipinski definition) is 0. The number of rotatable bonds is 0. The van der Waals surface area contributed by atoms with Crippen LogP contribution in [0.25, 0.3) is 0 Å². The van der Waals surface area contributed by atoms with Crippen molar-refractivity contribution in [3.63, 3.8) is 0 Å². The molecule has 0 unspecified atom stereocenters. The van der Waals surface area contributed by atoms with Gasteiger partial charge in [0.25, 0.3) is 0 Å². The van der Waals surface area contributed by atoms with Crippen LogP contribution in [-0.4, -0.2) is 57.8 Å². The van der Waals surface area contributed by atoms with Crippen molar-refractivity contribution in [2.75, 3.05) is 13.2 Å². The van der Waals surface area contributed by atoms with E-state index < -0.39 is 0 Å². The average Bonchev–Trinajstić information content (AvgIpc) is 2.27. The third-order valence-corrected chi connectivity index (χ3v) is 8.11. The molecule has 0 bridgehead atoms. The topological polar surface area (TPSA) is 18.5 Å². The molecule has 54 valence electrons. The van der Waals surface area contributed by atoms with Gasteiger partial charge in [0, 0.05) is 0 Å². The summed E-state index contributed by atoms with van der Waals surface area (Å²) in [5.41, 5.74) is 0. The first kappa shape index (κ1) is 7.42. The Morgan fingerprint density at radius 3 is 2.10 bits per heavy atom. The predicted octanol–water partition coefficient (Wildman–Crippen LogP) is -0.728. The van der Waals surface area contributed by atoms with Crippen LogP contribution >= 0.6 is 0 Å². The molecule has 0 aromatic carbocycles. The molecule has 1 aromatic rings. The Kier molecular flexibility index (Phi) is 2.24. The van der Waals surface area contributed by atoms with Gasteiger partial charge in [-0.1, -0.05) is 0 Å². The van der Waals surface area contributed by atoms with Gasteiger partial charge in [-0.05, 0) is 0 Å². The minimum atomic E-state index is 0.440. The molecule has 2 nitrogen and oxygen atoms in total. The SMILES string of the molecule is [Se]=c1[se]c2c([se]1)OCCO2. The maximum atomic E-state index is 5.43. The summed E-state index contributed by atoms with van der Waals surface area (Å²) in [4.78, 5) is 0. The fourth-order valence-corrected chi connectivity index (χ4v) is 7.28. The van der Waals surface area contributed by atoms with Gasteiger partial charge in [-0.15, -0.1) is 0 Å². The molecule has 0 spiro atoms. The standard InChI is InChI=1S/C5H4O2Se3/c8-5-9-3-4(10-5)7-2-1-6-3/h1-2H2. The van der Waals surface area contributed by atoms with Gasteiger partial charge in [0.1, 0.15) is 0 Å². The van der Waals surface area contributed by atoms with Gasteiger partial charge in [0.15, 0.2) is 0 Å². The van der Waals surface area contributed by atoms with E-state index >= 15 is 0 Å². The van der Waals surface area contributed by atoms with Gasteiger partial charge in [-0.25, -0.2) is 0 Å². The van der Waals surface area contributed by atoms with Crippen molar-refractivity contribution >= 4 is 44.6 Å². The molecule has 0 N–H and O–H groups in total. The van der Waals surface area contributed by atoms with E-state index in [9.17, 15) is 0 Å². The summed E-state index contributed by atoms with van der Waals surface area (Å²) in [5, 5.41) is 0. The van der Waals surface area contributed by atoms with E-state index in [0.717, 1.165) is 22.5 Å². The van der Waals surface area contributed by atoms with Crippen molar-refractivity contribution in [1.82, 2.24) is 0 Å². The second-order valence-electron chi connectivity index (χ2n) is 1.73. The van der Waals surface area contributed by atoms with Crippen molar-refractivity contribution in [3.05, 3.63) is 1.81 Å². The Balaban J connectivity index is 2.50. The number of ether oxygens (including phenoxy) is 2. The zero-order valence-electron chi connectivity index (χ0n) is 4.96. The zero-order chi connectivity index (χ0) is 6.97. The first-order valence-corrected chi connectivity index (χ1v) is 7.04. The maximum absolute atomic E-state index is 5.43. The predicted molar refractivity (Wildman–Crippen MR) is 40.3 cm³/mol. The Morgan fingerprint density at radius 2 is 1.60 bits per heavy atom. The summed E-state index contributed by atoms with van der Waals surface area (Å²) < 4.78 is 14.6. The van der Waals surface area contributed by atoms with Crippen molar-refractivity contribution in [2.24, 2.45) is 0 Å². The number of fused-ring (bicyclic) bond motifs is 1. The molecule has 0 radical (unpaired) electrons. The molecule has 1 aromatic heterocycles. The second-order valence-corrected chi connectivity index (χ2v) is 10.6. The summed E-state index contributed by atoms with van der Waals surface area (Å²) >= 11 is 3.95. The second kappa shape index (κ2) is 3.02. The van der Waals surface area contributed by atoms with Crippen LogP contribution in [0.4, 0.5) is 0 Å². The normalized spacial score (nSPS) is 15.2. The molecule has 2 heterocycles. The average molecular weight is 333 g/mol. The molecular formula is C5H4O2Se3. The van der Waals surface area contributed by atoms with Crippen molar-refractivity contribution in [2.45, 2.75) is 0 Å². The Bertz CT molecular complexity index is 261. The monoisotopic (exact) mass is 336 g/mol. The van der Waals surface area contributed by atoms with Crippen molar-refractivity contribution in [1.29, 1.82) is 0 Å². The van der Waals surface area contributed by atoms with Gasteiger partial charge in [0.05, 0.1) is 0 Å². The zero-order valence-corrected chi connectivity index (χ0v) is 10.1. The van der Waals surface area contributed by atoms with Gasteiger partial charge in [0.2, 0.25) is 0 Å². The summed E-state index contributed by atoms with van der Waals surface area (Å²) in [6.07, 6.45) is 0. The quantitative estimate of drug-likeness (QED) is 0.583. The molecule has 2 rings (SSSR count). The Labute approximate surface area is 78.0 Å². The molecule has 0 saturated carbocycles. The molecule has 1 aliphatic rings. The molecular weight excluding hydrogens is 329 g/mol. The van der Waals surface area contributed by atoms with Gasteiger partial charge in [-0.2, -0.15) is 0 Å². The summed E-state index contributed by atoms with van der Waals surface area (Å²) in [6.45, 7) is 1.48. The van der Waals surface area contributed by atoms with Crippen molar-refractivity contribution in [3.8, 4) is 9.25 Å². The summed E-state index contributed by atoms with van der Waals surface area (Å²) in [5.74, 6) is 0. The fourth-order valence-electron chi connectivity index (χ4n) is 0.701. The van der Waals surface area contributed by atoms with Gasteiger partial charge < -0.3 is 0 Å². The molecule has 0 fully saturated rings. The number of hydrogen-bond acceptors (Lipinski definition) is 2. The molecule has 1 aliphatic heterocycles. The van der Waals surface area contributed by atoms with E-state index in [1.807, 2.05) is 0 Å². The molecule has 5 heteroatoms. The van der Waals surface area contributed by atoms with Gasteiger partial charge in [-0.3, -0.25) is 0 Å². The molecule has 10 heavy (non-hydrogen) atoms. The third kappa shape index (κ3) is 1.35. The van der Waals surface area contributed by atoms with Crippen LogP contribution in [0.3, 0.4) is 0 Å². The van der Waals surface area contributed by atoms with Crippen LogP contribution in [0.15, 0.2) is 0 Å². The van der Waals surface area contributed by atoms with E-state index in [0.29, 0.717) is 29.0 Å². The van der Waals surface area contributed by atoms with E-state index in [2.05, 4.69) is 15.6 Å². The molecule has 0 amide bonds. The first-order chi connectivity index (χ1) is 4.86. The molecule has 0 aliphatic carbocycles. The van der Waals surface area contributed by atoms with Crippen LogP contribution in [0.2, 0.25) is 0 Å². The fraction of sp³-hybridized carbons (Fsp3) is 0.400. The third-order valence-electron chi connectivity index (χ3n) is 1.07. The molecule has 0 saturated heterocycles. The van der Waals surface area contributed by atoms with Crippen LogP contribution in [0.5, 0.6) is 9.25 Å². The van der Waals surface area contributed by atoms with Gasteiger partial charge >= 0.3 is 78.3 Å². The Hall–Kier alpha value is 0.768. The van der Waals surface area contributed by atoms with Crippen LogP contribution < -0.4 is 9.47 Å². The van der Waals surface area contributed by atoms with Crippen LogP contribution in [0, 0.1) is 1.81 Å². The van der Waals surface area contributed by atoms with E-state index in [4.69, 9.17) is 9.47 Å². The van der Waals surface area contributed by atoms with E-state index in [1.54, 1.807) is 0 Å². The molecule has 0 atom stereocenters. The van der Waals surface area contributed by atoms with Crippen LogP contribution in [-0.2, 0) is 0 Å². The van der Waals surface area contributed by atoms with Crippen LogP contribution in [0.1, 0.15) is 0 Å². The first-order valence-electron chi connectivity index (χ1n) is 2.76. The van der Waals surface area contributed by atoms with E-state index in [-0.39, 0.29) is 0 Å².